The van der Waals surface area contributed by atoms with E-state index in [-0.39, 0.29) is 5.92 Å². The van der Waals surface area contributed by atoms with Crippen LogP contribution in [0, 0.1) is 11.3 Å². The number of rotatable bonds is 5. The van der Waals surface area contributed by atoms with Gasteiger partial charge in [-0.2, -0.15) is 5.26 Å². The van der Waals surface area contributed by atoms with Crippen LogP contribution in [0.1, 0.15) is 49.2 Å². The largest absolute Gasteiger partial charge is 0.497 e. The fourth-order valence-corrected chi connectivity index (χ4v) is 3.74. The molecule has 0 spiro atoms. The number of fused-ring (bicyclic) bond motifs is 1. The van der Waals surface area contributed by atoms with Gasteiger partial charge in [-0.1, -0.05) is 62.7 Å². The lowest BCUT2D eigenvalue weighted by molar-refractivity contribution is 0.415. The fourth-order valence-electron chi connectivity index (χ4n) is 3.54. The third kappa shape index (κ3) is 4.73. The van der Waals surface area contributed by atoms with Crippen LogP contribution in [0.25, 0.3) is 11.0 Å². The van der Waals surface area contributed by atoms with Gasteiger partial charge in [0.2, 0.25) is 0 Å². The van der Waals surface area contributed by atoms with Crippen molar-refractivity contribution in [3.8, 4) is 11.8 Å². The van der Waals surface area contributed by atoms with Crippen molar-refractivity contribution < 1.29 is 4.74 Å². The smallest absolute Gasteiger partial charge is 0.121 e. The maximum Gasteiger partial charge on any atom is 0.121 e. The first-order valence-electron chi connectivity index (χ1n) is 10.4. The van der Waals surface area contributed by atoms with Crippen LogP contribution >= 0.6 is 11.6 Å². The minimum absolute atomic E-state index is 0.0450. The van der Waals surface area contributed by atoms with E-state index < -0.39 is 0 Å². The molecule has 3 aromatic carbocycles. The highest BCUT2D eigenvalue weighted by Gasteiger charge is 2.19. The Morgan fingerprint density at radius 2 is 1.77 bits per heavy atom. The fraction of sp³-hybridized carbons (Fsp3) is 0.231. The average Bonchev–Trinajstić information content (AvgIpc) is 3.18. The lowest BCUT2D eigenvalue weighted by Gasteiger charge is -2.16. The second kappa shape index (κ2) is 10.1. The molecule has 0 aliphatic heterocycles. The van der Waals surface area contributed by atoms with E-state index in [0.717, 1.165) is 38.8 Å². The van der Waals surface area contributed by atoms with Crippen molar-refractivity contribution in [1.29, 1.82) is 5.26 Å². The van der Waals surface area contributed by atoms with Crippen molar-refractivity contribution in [3.63, 3.8) is 0 Å². The monoisotopic (exact) mass is 431 g/mol. The van der Waals surface area contributed by atoms with Gasteiger partial charge >= 0.3 is 0 Å². The summed E-state index contributed by atoms with van der Waals surface area (Å²) in [6, 6.07) is 23.6. The minimum Gasteiger partial charge on any atom is -0.497 e. The average molecular weight is 432 g/mol. The quantitative estimate of drug-likeness (QED) is 0.349. The van der Waals surface area contributed by atoms with Gasteiger partial charge in [0.05, 0.1) is 36.3 Å². The summed E-state index contributed by atoms with van der Waals surface area (Å²) in [5, 5.41) is 9.81. The normalized spacial score (nSPS) is 11.4. The molecule has 0 aliphatic rings. The van der Waals surface area contributed by atoms with Crippen molar-refractivity contribution in [2.24, 2.45) is 0 Å². The van der Waals surface area contributed by atoms with E-state index in [0.29, 0.717) is 12.1 Å². The van der Waals surface area contributed by atoms with Gasteiger partial charge < -0.3 is 9.30 Å². The van der Waals surface area contributed by atoms with Gasteiger partial charge in [0.25, 0.3) is 0 Å². The number of nitrogens with zero attached hydrogens (tertiary/aromatic N) is 3. The Morgan fingerprint density at radius 3 is 2.42 bits per heavy atom. The number of imidazole rings is 1. The molecule has 4 nitrogen and oxygen atoms in total. The number of benzene rings is 3. The molecule has 0 radical (unpaired) electrons. The van der Waals surface area contributed by atoms with E-state index >= 15 is 0 Å². The van der Waals surface area contributed by atoms with E-state index in [9.17, 15) is 0 Å². The number of nitriles is 1. The molecule has 0 saturated heterocycles. The number of hydrogen-bond acceptors (Lipinski definition) is 3. The Hall–Kier alpha value is -3.29. The van der Waals surface area contributed by atoms with E-state index in [1.165, 1.54) is 0 Å². The lowest BCUT2D eigenvalue weighted by Crippen LogP contribution is -2.09. The van der Waals surface area contributed by atoms with E-state index in [2.05, 4.69) is 17.6 Å². The summed E-state index contributed by atoms with van der Waals surface area (Å²) in [5.41, 5.74) is 4.70. The minimum atomic E-state index is 0.0450. The molecule has 4 rings (SSSR count). The van der Waals surface area contributed by atoms with Gasteiger partial charge in [-0.3, -0.25) is 0 Å². The van der Waals surface area contributed by atoms with Crippen LogP contribution in [0.15, 0.2) is 66.7 Å². The van der Waals surface area contributed by atoms with Crippen LogP contribution < -0.4 is 4.74 Å². The molecular formula is C26H26ClN3O. The number of hydrogen-bond donors (Lipinski definition) is 0. The van der Waals surface area contributed by atoms with E-state index in [1.54, 1.807) is 7.11 Å². The van der Waals surface area contributed by atoms with Crippen molar-refractivity contribution >= 4 is 22.6 Å². The number of halogens is 1. The van der Waals surface area contributed by atoms with Crippen LogP contribution in [0.5, 0.6) is 5.75 Å². The third-order valence-corrected chi connectivity index (χ3v) is 5.57. The second-order valence-corrected chi connectivity index (χ2v) is 7.36. The number of ether oxygens (including phenoxy) is 1. The Morgan fingerprint density at radius 1 is 1.06 bits per heavy atom. The molecule has 0 aliphatic carbocycles. The summed E-state index contributed by atoms with van der Waals surface area (Å²) in [6.07, 6.45) is 0. The predicted octanol–water partition coefficient (Wildman–Crippen LogP) is 6.80. The first-order valence-corrected chi connectivity index (χ1v) is 10.8. The van der Waals surface area contributed by atoms with Gasteiger partial charge in [-0.25, -0.2) is 4.98 Å². The van der Waals surface area contributed by atoms with Crippen LogP contribution in [0.3, 0.4) is 0 Å². The molecule has 0 amide bonds. The zero-order valence-corrected chi connectivity index (χ0v) is 19.0. The summed E-state index contributed by atoms with van der Waals surface area (Å²) in [7, 11) is 1.65. The zero-order valence-electron chi connectivity index (χ0n) is 18.3. The SMILES string of the molecule is CC.COc1ccc2c(c1)nc(C(C)c1ccc(C#N)cc1)n2Cc1ccccc1Cl. The second-order valence-electron chi connectivity index (χ2n) is 6.96. The van der Waals surface area contributed by atoms with Gasteiger partial charge in [-0.15, -0.1) is 0 Å². The molecule has 0 fully saturated rings. The Bertz CT molecular complexity index is 1210. The molecular weight excluding hydrogens is 406 g/mol. The highest BCUT2D eigenvalue weighted by molar-refractivity contribution is 6.31. The van der Waals surface area contributed by atoms with E-state index in [4.69, 9.17) is 26.6 Å². The Kier molecular flexibility index (Phi) is 7.33. The van der Waals surface area contributed by atoms with E-state index in [1.807, 2.05) is 80.6 Å². The van der Waals surface area contributed by atoms with Crippen molar-refractivity contribution in [1.82, 2.24) is 9.55 Å². The highest BCUT2D eigenvalue weighted by Crippen LogP contribution is 2.31. The van der Waals surface area contributed by atoms with Crippen molar-refractivity contribution in [3.05, 3.63) is 94.3 Å². The van der Waals surface area contributed by atoms with Crippen LogP contribution in [0.4, 0.5) is 0 Å². The Labute approximate surface area is 188 Å². The molecule has 5 heteroatoms. The molecule has 0 N–H and O–H groups in total. The maximum atomic E-state index is 9.07. The zero-order chi connectivity index (χ0) is 22.4. The molecule has 158 valence electrons. The standard InChI is InChI=1S/C24H20ClN3O.C2H6/c1-16(18-9-7-17(14-26)8-10-18)24-27-22-13-20(29-2)11-12-23(22)28(24)15-19-5-3-4-6-21(19)25;1-2/h3-13,16H,15H2,1-2H3;1-2H3. The summed E-state index contributed by atoms with van der Waals surface area (Å²) in [5.74, 6) is 1.76. The third-order valence-electron chi connectivity index (χ3n) is 5.20. The van der Waals surface area contributed by atoms with Crippen LogP contribution in [0.2, 0.25) is 5.02 Å². The highest BCUT2D eigenvalue weighted by atomic mass is 35.5. The van der Waals surface area contributed by atoms with Crippen molar-refractivity contribution in [2.45, 2.75) is 33.2 Å². The molecule has 31 heavy (non-hydrogen) atoms. The molecule has 1 atom stereocenters. The summed E-state index contributed by atoms with van der Waals surface area (Å²) >= 11 is 6.44. The summed E-state index contributed by atoms with van der Waals surface area (Å²) < 4.78 is 7.59. The lowest BCUT2D eigenvalue weighted by atomic mass is 9.99. The van der Waals surface area contributed by atoms with Crippen molar-refractivity contribution in [2.75, 3.05) is 7.11 Å². The topological polar surface area (TPSA) is 50.8 Å². The van der Waals surface area contributed by atoms with Gasteiger partial charge in [0.15, 0.2) is 0 Å². The van der Waals surface area contributed by atoms with Crippen LogP contribution in [-0.4, -0.2) is 16.7 Å². The molecule has 0 saturated carbocycles. The summed E-state index contributed by atoms with van der Waals surface area (Å²) in [6.45, 7) is 6.75. The van der Waals surface area contributed by atoms with Gasteiger partial charge in [0, 0.05) is 17.0 Å². The van der Waals surface area contributed by atoms with Gasteiger partial charge in [0.1, 0.15) is 11.6 Å². The molecule has 1 unspecified atom stereocenters. The number of aromatic nitrogens is 2. The van der Waals surface area contributed by atoms with Crippen LogP contribution in [-0.2, 0) is 6.54 Å². The van der Waals surface area contributed by atoms with Gasteiger partial charge in [-0.05, 0) is 41.5 Å². The molecule has 0 bridgehead atoms. The molecule has 1 aromatic heterocycles. The summed E-state index contributed by atoms with van der Waals surface area (Å²) in [4.78, 5) is 4.94. The molecule has 1 heterocycles. The first kappa shape index (κ1) is 22.4. The Balaban J connectivity index is 0.00000132. The predicted molar refractivity (Wildman–Crippen MR) is 127 cm³/mol. The molecule has 4 aromatic rings. The first-order chi connectivity index (χ1) is 15.1. The maximum absolute atomic E-state index is 9.07. The number of methoxy groups -OCH3 is 1.